The summed E-state index contributed by atoms with van der Waals surface area (Å²) in [6.07, 6.45) is -21.0. The number of hydrogen-bond acceptors (Lipinski definition) is 3. The monoisotopic (exact) mass is 673 g/mol. The van der Waals surface area contributed by atoms with Crippen LogP contribution in [0.1, 0.15) is 28.3 Å². The van der Waals surface area contributed by atoms with Crippen molar-refractivity contribution in [3.8, 4) is 11.5 Å². The maximum absolute atomic E-state index is 14.4. The van der Waals surface area contributed by atoms with E-state index in [4.69, 9.17) is 4.74 Å². The summed E-state index contributed by atoms with van der Waals surface area (Å²) in [6.45, 7) is -1.35. The van der Waals surface area contributed by atoms with Crippen LogP contribution < -0.4 is 10.1 Å². The molecule has 0 saturated carbocycles. The van der Waals surface area contributed by atoms with Gasteiger partial charge in [0.15, 0.2) is 6.10 Å². The Balaban J connectivity index is 2.05. The number of benzene rings is 3. The van der Waals surface area contributed by atoms with Gasteiger partial charge in [-0.1, -0.05) is 42.5 Å². The summed E-state index contributed by atoms with van der Waals surface area (Å²) < 4.78 is 204. The zero-order valence-corrected chi connectivity index (χ0v) is 21.8. The molecule has 0 radical (unpaired) electrons. The van der Waals surface area contributed by atoms with Gasteiger partial charge in [0.25, 0.3) is 0 Å². The molecule has 2 unspecified atom stereocenters. The minimum Gasteiger partial charge on any atom is -0.457 e. The lowest BCUT2D eigenvalue weighted by Crippen LogP contribution is -2.50. The molecule has 0 amide bonds. The van der Waals surface area contributed by atoms with Crippen molar-refractivity contribution in [3.05, 3.63) is 95.1 Å². The quantitative estimate of drug-likeness (QED) is 0.211. The predicted molar refractivity (Wildman–Crippen MR) is 126 cm³/mol. The molecule has 0 aliphatic carbocycles. The molecular weight excluding hydrogens is 655 g/mol. The average Bonchev–Trinajstić information content (AvgIpc) is 2.92. The molecule has 3 rings (SSSR count). The molecule has 0 aromatic heterocycles. The number of halogens is 15. The Bertz CT molecular complexity index is 1470. The number of hydrogen-bond donors (Lipinski definition) is 2. The van der Waals surface area contributed by atoms with Crippen LogP contribution in [0.2, 0.25) is 0 Å². The third-order valence-corrected chi connectivity index (χ3v) is 6.21. The lowest BCUT2D eigenvalue weighted by atomic mass is 9.93. The fraction of sp³-hybridized carbons (Fsp3) is 0.333. The van der Waals surface area contributed by atoms with Crippen molar-refractivity contribution >= 4 is 0 Å². The molecule has 45 heavy (non-hydrogen) atoms. The normalized spacial score (nSPS) is 15.1. The highest BCUT2D eigenvalue weighted by molar-refractivity contribution is 5.42. The second-order valence-corrected chi connectivity index (χ2v) is 9.45. The van der Waals surface area contributed by atoms with Crippen molar-refractivity contribution in [2.24, 2.45) is 0 Å². The molecular formula is C27H18F15NO2. The van der Waals surface area contributed by atoms with Crippen LogP contribution in [-0.4, -0.2) is 42.2 Å². The Morgan fingerprint density at radius 2 is 1.04 bits per heavy atom. The van der Waals surface area contributed by atoms with Crippen LogP contribution in [0, 0.1) is 0 Å². The zero-order valence-electron chi connectivity index (χ0n) is 21.8. The molecule has 18 heteroatoms. The molecule has 0 saturated heterocycles. The molecule has 0 aliphatic heterocycles. The van der Waals surface area contributed by atoms with Gasteiger partial charge in [0.2, 0.25) is 0 Å². The van der Waals surface area contributed by atoms with E-state index in [9.17, 15) is 71.0 Å². The van der Waals surface area contributed by atoms with Crippen molar-refractivity contribution in [1.82, 2.24) is 5.32 Å². The van der Waals surface area contributed by atoms with Crippen LogP contribution in [0.25, 0.3) is 0 Å². The second kappa shape index (κ2) is 12.3. The van der Waals surface area contributed by atoms with Gasteiger partial charge in [0, 0.05) is 17.7 Å². The Kier molecular flexibility index (Phi) is 9.76. The maximum Gasteiger partial charge on any atom is 0.460 e. The summed E-state index contributed by atoms with van der Waals surface area (Å²) in [7, 11) is 0. The predicted octanol–water partition coefficient (Wildman–Crippen LogP) is 9.02. The molecule has 2 atom stereocenters. The second-order valence-electron chi connectivity index (χ2n) is 9.45. The van der Waals surface area contributed by atoms with Crippen molar-refractivity contribution in [2.75, 3.05) is 6.54 Å². The first kappa shape index (κ1) is 35.8. The number of aliphatic hydroxyl groups excluding tert-OH is 1. The number of ether oxygens (including phenoxy) is 1. The largest absolute Gasteiger partial charge is 0.460 e. The smallest absolute Gasteiger partial charge is 0.457 e. The fourth-order valence-electron chi connectivity index (χ4n) is 3.86. The van der Waals surface area contributed by atoms with Gasteiger partial charge >= 0.3 is 36.3 Å². The van der Waals surface area contributed by atoms with Crippen LogP contribution in [0.3, 0.4) is 0 Å². The molecule has 0 spiro atoms. The van der Waals surface area contributed by atoms with Gasteiger partial charge in [-0.2, -0.15) is 65.9 Å². The number of aliphatic hydroxyl groups is 1. The third kappa shape index (κ3) is 7.59. The van der Waals surface area contributed by atoms with Crippen molar-refractivity contribution in [3.63, 3.8) is 0 Å². The first-order chi connectivity index (χ1) is 20.4. The van der Waals surface area contributed by atoms with Crippen LogP contribution in [-0.2, 0) is 11.8 Å². The Hall–Kier alpha value is -3.67. The molecule has 0 heterocycles. The number of alkyl halides is 15. The van der Waals surface area contributed by atoms with E-state index >= 15 is 0 Å². The Morgan fingerprint density at radius 1 is 0.578 bits per heavy atom. The molecule has 0 bridgehead atoms. The van der Waals surface area contributed by atoms with Crippen LogP contribution in [0.5, 0.6) is 11.5 Å². The van der Waals surface area contributed by atoms with E-state index in [1.54, 1.807) is 0 Å². The molecule has 0 fully saturated rings. The van der Waals surface area contributed by atoms with E-state index in [1.807, 2.05) is 0 Å². The van der Waals surface area contributed by atoms with Gasteiger partial charge in [0.1, 0.15) is 11.5 Å². The van der Waals surface area contributed by atoms with Crippen molar-refractivity contribution in [1.29, 1.82) is 0 Å². The number of nitrogens with one attached hydrogen (secondary N) is 1. The van der Waals surface area contributed by atoms with Gasteiger partial charge in [-0.15, -0.1) is 0 Å². The van der Waals surface area contributed by atoms with E-state index in [0.29, 0.717) is 18.2 Å². The summed E-state index contributed by atoms with van der Waals surface area (Å²) in [4.78, 5) is 0. The maximum atomic E-state index is 14.4. The summed E-state index contributed by atoms with van der Waals surface area (Å²) in [5.41, 5.74) is -4.23. The lowest BCUT2D eigenvalue weighted by Gasteiger charge is -2.29. The third-order valence-electron chi connectivity index (χ3n) is 6.21. The highest BCUT2D eigenvalue weighted by atomic mass is 19.4. The average molecular weight is 673 g/mol. The summed E-state index contributed by atoms with van der Waals surface area (Å²) in [6, 6.07) is 6.88. The molecule has 3 aromatic rings. The highest BCUT2D eigenvalue weighted by Gasteiger charge is 2.73. The Labute approximate surface area is 243 Å². The standard InChI is InChI=1S/C27H18F15NO2/c28-22(29,25(35,36)27(40,41)42)16-6-1-4-14(10-16)21(43-13-20(44)24(32,33)34)15-5-2-8-18(11-15)45-19-9-3-7-17(12-19)23(30,31)26(37,38)39/h1-12,20-21,43-44H,13H2. The molecule has 3 nitrogen and oxygen atoms in total. The topological polar surface area (TPSA) is 41.5 Å². The van der Waals surface area contributed by atoms with Gasteiger partial charge < -0.3 is 15.2 Å². The highest BCUT2D eigenvalue weighted by Crippen LogP contribution is 2.52. The van der Waals surface area contributed by atoms with Gasteiger partial charge in [-0.05, 0) is 41.5 Å². The Morgan fingerprint density at radius 3 is 1.56 bits per heavy atom. The molecule has 2 N–H and O–H groups in total. The number of rotatable bonds is 10. The fourth-order valence-corrected chi connectivity index (χ4v) is 3.86. The first-order valence-electron chi connectivity index (χ1n) is 12.1. The molecule has 0 aliphatic rings. The lowest BCUT2D eigenvalue weighted by molar-refractivity contribution is -0.359. The minimum absolute atomic E-state index is 0.160. The minimum atomic E-state index is -6.70. The van der Waals surface area contributed by atoms with E-state index in [-0.39, 0.29) is 23.4 Å². The van der Waals surface area contributed by atoms with E-state index in [1.165, 1.54) is 0 Å². The zero-order chi connectivity index (χ0) is 34.2. The molecule has 3 aromatic carbocycles. The van der Waals surface area contributed by atoms with Crippen LogP contribution in [0.4, 0.5) is 65.9 Å². The van der Waals surface area contributed by atoms with Crippen molar-refractivity contribution in [2.45, 2.75) is 48.4 Å². The summed E-state index contributed by atoms with van der Waals surface area (Å²) in [5, 5.41) is 11.5. The van der Waals surface area contributed by atoms with E-state index in [0.717, 1.165) is 42.5 Å². The van der Waals surface area contributed by atoms with Crippen LogP contribution in [0.15, 0.2) is 72.8 Å². The van der Waals surface area contributed by atoms with E-state index < -0.39 is 77.4 Å². The first-order valence-corrected chi connectivity index (χ1v) is 12.1. The van der Waals surface area contributed by atoms with Gasteiger partial charge in [-0.3, -0.25) is 0 Å². The molecule has 248 valence electrons. The summed E-state index contributed by atoms with van der Waals surface area (Å²) >= 11 is 0. The van der Waals surface area contributed by atoms with Crippen molar-refractivity contribution < 1.29 is 75.7 Å². The van der Waals surface area contributed by atoms with Gasteiger partial charge in [-0.25, -0.2) is 0 Å². The SMILES string of the molecule is OC(CNC(c1cccc(Oc2cccc(C(F)(F)C(F)(F)F)c2)c1)c1cccc(C(F)(F)C(F)(F)C(F)(F)F)c1)C(F)(F)F. The van der Waals surface area contributed by atoms with E-state index in [2.05, 4.69) is 5.32 Å². The van der Waals surface area contributed by atoms with Gasteiger partial charge in [0.05, 0.1) is 6.04 Å². The summed E-state index contributed by atoms with van der Waals surface area (Å²) in [5.74, 6) is -18.7. The van der Waals surface area contributed by atoms with Crippen LogP contribution >= 0.6 is 0 Å².